The number of unbranched alkanes of at least 4 members (excludes halogenated alkanes) is 1. The van der Waals surface area contributed by atoms with Crippen LogP contribution in [0.4, 0.5) is 0 Å². The van der Waals surface area contributed by atoms with E-state index >= 15 is 0 Å². The van der Waals surface area contributed by atoms with Gasteiger partial charge < -0.3 is 20.1 Å². The van der Waals surface area contributed by atoms with Crippen molar-refractivity contribution in [1.29, 1.82) is 0 Å². The highest BCUT2D eigenvalue weighted by Crippen LogP contribution is 2.04. The molecule has 0 aromatic rings. The Labute approximate surface area is 86.2 Å². The Balaban J connectivity index is 1.93. The van der Waals surface area contributed by atoms with E-state index < -0.39 is 0 Å². The van der Waals surface area contributed by atoms with Gasteiger partial charge in [-0.05, 0) is 40.0 Å². The molecule has 2 unspecified atom stereocenters. The summed E-state index contributed by atoms with van der Waals surface area (Å²) in [5.41, 5.74) is 0. The Morgan fingerprint density at radius 2 is 2.14 bits per heavy atom. The van der Waals surface area contributed by atoms with Crippen LogP contribution < -0.4 is 5.32 Å². The van der Waals surface area contributed by atoms with Crippen LogP contribution in [0, 0.1) is 0 Å². The van der Waals surface area contributed by atoms with E-state index in [1.165, 1.54) is 6.42 Å². The molecule has 2 N–H and O–H groups in total. The van der Waals surface area contributed by atoms with Gasteiger partial charge in [0.05, 0.1) is 25.4 Å². The van der Waals surface area contributed by atoms with E-state index in [1.807, 2.05) is 0 Å². The zero-order chi connectivity index (χ0) is 10.4. The fraction of sp³-hybridized carbons (Fsp3) is 1.00. The van der Waals surface area contributed by atoms with Crippen molar-refractivity contribution in [2.45, 2.75) is 25.0 Å². The first-order chi connectivity index (χ1) is 6.70. The van der Waals surface area contributed by atoms with Crippen LogP contribution in [-0.2, 0) is 4.74 Å². The molecule has 1 fully saturated rings. The Kier molecular flexibility index (Phi) is 5.40. The topological polar surface area (TPSA) is 44.7 Å². The minimum Gasteiger partial charge on any atom is -0.389 e. The van der Waals surface area contributed by atoms with Gasteiger partial charge in [-0.25, -0.2) is 0 Å². The maximum absolute atomic E-state index is 9.44. The average Bonchev–Trinajstić information content (AvgIpc) is 2.51. The van der Waals surface area contributed by atoms with Crippen molar-refractivity contribution in [3.63, 3.8) is 0 Å². The molecule has 0 aromatic heterocycles. The molecule has 0 spiro atoms. The van der Waals surface area contributed by atoms with Gasteiger partial charge >= 0.3 is 0 Å². The number of aliphatic hydroxyl groups excluding tert-OH is 1. The maximum atomic E-state index is 9.44. The molecule has 84 valence electrons. The maximum Gasteiger partial charge on any atom is 0.0948 e. The predicted molar refractivity (Wildman–Crippen MR) is 56.4 cm³/mol. The molecular formula is C10H22N2O2. The standard InChI is InChI=1S/C10H22N2O2/c1-12(2)6-4-3-5-11-9-7-14-8-10(9)13/h9-11,13H,3-8H2,1-2H3. The van der Waals surface area contributed by atoms with Gasteiger partial charge in [0.15, 0.2) is 0 Å². The third-order valence-electron chi connectivity index (χ3n) is 2.49. The van der Waals surface area contributed by atoms with E-state index in [0.29, 0.717) is 13.2 Å². The lowest BCUT2D eigenvalue weighted by Gasteiger charge is -2.14. The third-order valence-corrected chi connectivity index (χ3v) is 2.49. The van der Waals surface area contributed by atoms with Crippen LogP contribution >= 0.6 is 0 Å². The van der Waals surface area contributed by atoms with Crippen molar-refractivity contribution in [3.8, 4) is 0 Å². The highest BCUT2D eigenvalue weighted by atomic mass is 16.5. The van der Waals surface area contributed by atoms with E-state index in [0.717, 1.165) is 19.5 Å². The van der Waals surface area contributed by atoms with Gasteiger partial charge in [-0.2, -0.15) is 0 Å². The normalized spacial score (nSPS) is 27.4. The lowest BCUT2D eigenvalue weighted by molar-refractivity contribution is 0.122. The van der Waals surface area contributed by atoms with Crippen molar-refractivity contribution >= 4 is 0 Å². The van der Waals surface area contributed by atoms with Crippen LogP contribution in [0.3, 0.4) is 0 Å². The molecule has 14 heavy (non-hydrogen) atoms. The van der Waals surface area contributed by atoms with Crippen molar-refractivity contribution < 1.29 is 9.84 Å². The summed E-state index contributed by atoms with van der Waals surface area (Å²) >= 11 is 0. The smallest absolute Gasteiger partial charge is 0.0948 e. The molecule has 0 radical (unpaired) electrons. The van der Waals surface area contributed by atoms with Gasteiger partial charge in [0.25, 0.3) is 0 Å². The first kappa shape index (κ1) is 11.9. The summed E-state index contributed by atoms with van der Waals surface area (Å²) in [5.74, 6) is 0. The number of hydrogen-bond acceptors (Lipinski definition) is 4. The fourth-order valence-electron chi connectivity index (χ4n) is 1.58. The molecule has 4 nitrogen and oxygen atoms in total. The molecule has 0 aliphatic carbocycles. The van der Waals surface area contributed by atoms with Gasteiger partial charge in [0.1, 0.15) is 0 Å². The summed E-state index contributed by atoms with van der Waals surface area (Å²) in [6.45, 7) is 3.23. The molecule has 0 amide bonds. The van der Waals surface area contributed by atoms with Gasteiger partial charge in [-0.3, -0.25) is 0 Å². The molecule has 0 bridgehead atoms. The quantitative estimate of drug-likeness (QED) is 0.579. The second kappa shape index (κ2) is 6.35. The predicted octanol–water partition coefficient (Wildman–Crippen LogP) is -0.322. The number of rotatable bonds is 6. The van der Waals surface area contributed by atoms with E-state index in [9.17, 15) is 5.11 Å². The van der Waals surface area contributed by atoms with Crippen LogP contribution in [0.1, 0.15) is 12.8 Å². The van der Waals surface area contributed by atoms with Crippen LogP contribution in [-0.4, -0.2) is 62.6 Å². The highest BCUT2D eigenvalue weighted by Gasteiger charge is 2.24. The lowest BCUT2D eigenvalue weighted by Crippen LogP contribution is -2.39. The first-order valence-electron chi connectivity index (χ1n) is 5.34. The average molecular weight is 202 g/mol. The first-order valence-corrected chi connectivity index (χ1v) is 5.34. The third kappa shape index (κ3) is 4.37. The molecule has 1 aliphatic heterocycles. The molecular weight excluding hydrogens is 180 g/mol. The van der Waals surface area contributed by atoms with Crippen molar-refractivity contribution in [1.82, 2.24) is 10.2 Å². The number of nitrogens with one attached hydrogen (secondary N) is 1. The number of hydrogen-bond donors (Lipinski definition) is 2. The molecule has 2 atom stereocenters. The zero-order valence-electron chi connectivity index (χ0n) is 9.20. The van der Waals surface area contributed by atoms with Crippen LogP contribution in [0.15, 0.2) is 0 Å². The van der Waals surface area contributed by atoms with Gasteiger partial charge in [-0.15, -0.1) is 0 Å². The minimum atomic E-state index is -0.316. The van der Waals surface area contributed by atoms with Crippen molar-refractivity contribution in [2.24, 2.45) is 0 Å². The summed E-state index contributed by atoms with van der Waals surface area (Å²) < 4.78 is 5.14. The monoisotopic (exact) mass is 202 g/mol. The second-order valence-electron chi connectivity index (χ2n) is 4.18. The highest BCUT2D eigenvalue weighted by molar-refractivity contribution is 4.80. The Morgan fingerprint density at radius 1 is 1.36 bits per heavy atom. The molecule has 1 aliphatic rings. The molecule has 0 aromatic carbocycles. The molecule has 1 heterocycles. The Hall–Kier alpha value is -0.160. The summed E-state index contributed by atoms with van der Waals surface area (Å²) in [6, 6.07) is 0.148. The summed E-state index contributed by atoms with van der Waals surface area (Å²) in [6.07, 6.45) is 2.04. The summed E-state index contributed by atoms with van der Waals surface area (Å²) in [7, 11) is 4.17. The van der Waals surface area contributed by atoms with Gasteiger partial charge in [0, 0.05) is 0 Å². The van der Waals surface area contributed by atoms with E-state index in [-0.39, 0.29) is 12.1 Å². The van der Waals surface area contributed by atoms with Crippen LogP contribution in [0.25, 0.3) is 0 Å². The number of ether oxygens (including phenoxy) is 1. The second-order valence-corrected chi connectivity index (χ2v) is 4.18. The van der Waals surface area contributed by atoms with Gasteiger partial charge in [-0.1, -0.05) is 0 Å². The molecule has 1 rings (SSSR count). The number of aliphatic hydroxyl groups is 1. The molecule has 1 saturated heterocycles. The van der Waals surface area contributed by atoms with Crippen LogP contribution in [0.5, 0.6) is 0 Å². The van der Waals surface area contributed by atoms with Gasteiger partial charge in [0.2, 0.25) is 0 Å². The largest absolute Gasteiger partial charge is 0.389 e. The lowest BCUT2D eigenvalue weighted by atomic mass is 10.2. The van der Waals surface area contributed by atoms with Crippen LogP contribution in [0.2, 0.25) is 0 Å². The van der Waals surface area contributed by atoms with E-state index in [4.69, 9.17) is 4.74 Å². The Bertz CT molecular complexity index is 153. The van der Waals surface area contributed by atoms with E-state index in [2.05, 4.69) is 24.3 Å². The summed E-state index contributed by atoms with van der Waals surface area (Å²) in [4.78, 5) is 2.19. The molecule has 4 heteroatoms. The minimum absolute atomic E-state index is 0.148. The molecule has 0 saturated carbocycles. The summed E-state index contributed by atoms with van der Waals surface area (Å²) in [5, 5.41) is 12.7. The zero-order valence-corrected chi connectivity index (χ0v) is 9.20. The van der Waals surface area contributed by atoms with Crippen molar-refractivity contribution in [2.75, 3.05) is 40.4 Å². The fourth-order valence-corrected chi connectivity index (χ4v) is 1.58. The Morgan fingerprint density at radius 3 is 2.71 bits per heavy atom. The SMILES string of the molecule is CN(C)CCCCNC1COCC1O. The van der Waals surface area contributed by atoms with Crippen molar-refractivity contribution in [3.05, 3.63) is 0 Å². The number of nitrogens with zero attached hydrogens (tertiary/aromatic N) is 1. The van der Waals surface area contributed by atoms with E-state index in [1.54, 1.807) is 0 Å².